The number of hydrogen-bond acceptors (Lipinski definition) is 1. The fourth-order valence-electron chi connectivity index (χ4n) is 3.35. The Morgan fingerprint density at radius 2 is 1.29 bits per heavy atom. The van der Waals surface area contributed by atoms with E-state index in [0.29, 0.717) is 5.75 Å². The molecule has 0 aromatic heterocycles. The number of rotatable bonds is 10. The molecule has 2 aromatic rings. The van der Waals surface area contributed by atoms with Crippen LogP contribution in [0.4, 0.5) is 0 Å². The van der Waals surface area contributed by atoms with Crippen molar-refractivity contribution in [3.63, 3.8) is 0 Å². The normalized spacial score (nSPS) is 11.6. The zero-order valence-corrected chi connectivity index (χ0v) is 15.3. The van der Waals surface area contributed by atoms with Crippen LogP contribution in [0.2, 0.25) is 0 Å². The molecular weight excluding hydrogens is 292 g/mol. The summed E-state index contributed by atoms with van der Waals surface area (Å²) in [4.78, 5) is 0. The minimum absolute atomic E-state index is 0.284. The zero-order valence-electron chi connectivity index (χ0n) is 15.3. The third kappa shape index (κ3) is 6.03. The number of phenolic OH excluding ortho intramolecular Hbond substituents is 1. The Morgan fingerprint density at radius 3 is 2.00 bits per heavy atom. The van der Waals surface area contributed by atoms with Gasteiger partial charge in [0.05, 0.1) is 0 Å². The van der Waals surface area contributed by atoms with Crippen LogP contribution in [-0.4, -0.2) is 5.11 Å². The van der Waals surface area contributed by atoms with Gasteiger partial charge >= 0.3 is 0 Å². The van der Waals surface area contributed by atoms with Crippen molar-refractivity contribution in [1.82, 2.24) is 0 Å². The quantitative estimate of drug-likeness (QED) is 0.485. The van der Waals surface area contributed by atoms with Crippen molar-refractivity contribution in [2.45, 2.75) is 70.6 Å². The van der Waals surface area contributed by atoms with E-state index >= 15 is 0 Å². The summed E-state index contributed by atoms with van der Waals surface area (Å²) in [5.74, 6) is 0.445. The standard InChI is InChI=1S/C23H32O/c1-23(2,21-16-9-7-10-17-21)19-13-6-4-3-5-8-14-20-15-11-12-18-22(20)24/h7,9-12,15-18,24H,3-6,8,13-14,19H2,1-2H3. The van der Waals surface area contributed by atoms with Gasteiger partial charge in [-0.25, -0.2) is 0 Å². The van der Waals surface area contributed by atoms with Crippen LogP contribution >= 0.6 is 0 Å². The molecule has 0 aliphatic heterocycles. The molecule has 24 heavy (non-hydrogen) atoms. The molecule has 1 nitrogen and oxygen atoms in total. The van der Waals surface area contributed by atoms with Gasteiger partial charge in [0.1, 0.15) is 5.75 Å². The van der Waals surface area contributed by atoms with Crippen LogP contribution in [0, 0.1) is 0 Å². The molecule has 0 aliphatic carbocycles. The Morgan fingerprint density at radius 1 is 0.708 bits per heavy atom. The van der Waals surface area contributed by atoms with E-state index in [9.17, 15) is 5.11 Å². The fraction of sp³-hybridized carbons (Fsp3) is 0.478. The van der Waals surface area contributed by atoms with E-state index in [2.05, 4.69) is 44.2 Å². The van der Waals surface area contributed by atoms with E-state index in [1.165, 1.54) is 50.5 Å². The smallest absolute Gasteiger partial charge is 0.118 e. The van der Waals surface area contributed by atoms with Crippen molar-refractivity contribution in [2.75, 3.05) is 0 Å². The largest absolute Gasteiger partial charge is 0.508 e. The Labute approximate surface area is 147 Å². The highest BCUT2D eigenvalue weighted by molar-refractivity contribution is 5.31. The molecule has 0 amide bonds. The van der Waals surface area contributed by atoms with Gasteiger partial charge < -0.3 is 5.11 Å². The average molecular weight is 325 g/mol. The molecule has 0 fully saturated rings. The number of para-hydroxylation sites is 1. The number of hydrogen-bond donors (Lipinski definition) is 1. The summed E-state index contributed by atoms with van der Waals surface area (Å²) in [5.41, 5.74) is 2.82. The van der Waals surface area contributed by atoms with Crippen molar-refractivity contribution in [1.29, 1.82) is 0 Å². The summed E-state index contributed by atoms with van der Waals surface area (Å²) < 4.78 is 0. The second-order valence-electron chi connectivity index (χ2n) is 7.50. The maximum Gasteiger partial charge on any atom is 0.118 e. The van der Waals surface area contributed by atoms with Gasteiger partial charge in [-0.3, -0.25) is 0 Å². The molecule has 0 heterocycles. The Bertz CT molecular complexity index is 586. The van der Waals surface area contributed by atoms with Crippen molar-refractivity contribution >= 4 is 0 Å². The zero-order chi connectivity index (χ0) is 17.3. The summed E-state index contributed by atoms with van der Waals surface area (Å²) in [5, 5.41) is 9.75. The first-order chi connectivity index (χ1) is 11.6. The summed E-state index contributed by atoms with van der Waals surface area (Å²) in [6.07, 6.45) is 9.95. The Hall–Kier alpha value is -1.76. The first kappa shape index (κ1) is 18.6. The predicted octanol–water partition coefficient (Wildman–Crippen LogP) is 6.64. The molecular formula is C23H32O. The average Bonchev–Trinajstić information content (AvgIpc) is 2.59. The van der Waals surface area contributed by atoms with Gasteiger partial charge in [0, 0.05) is 0 Å². The summed E-state index contributed by atoms with van der Waals surface area (Å²) in [6, 6.07) is 18.6. The number of phenols is 1. The van der Waals surface area contributed by atoms with Crippen LogP contribution in [-0.2, 0) is 11.8 Å². The monoisotopic (exact) mass is 324 g/mol. The molecule has 130 valence electrons. The molecule has 0 saturated carbocycles. The fourth-order valence-corrected chi connectivity index (χ4v) is 3.35. The lowest BCUT2D eigenvalue weighted by atomic mass is 9.80. The van der Waals surface area contributed by atoms with Crippen LogP contribution < -0.4 is 0 Å². The molecule has 1 heteroatoms. The van der Waals surface area contributed by atoms with E-state index in [1.807, 2.05) is 18.2 Å². The molecule has 0 unspecified atom stereocenters. The number of unbranched alkanes of at least 4 members (excludes halogenated alkanes) is 5. The maximum absolute atomic E-state index is 9.75. The molecule has 0 atom stereocenters. The topological polar surface area (TPSA) is 20.2 Å². The van der Waals surface area contributed by atoms with Gasteiger partial charge in [-0.15, -0.1) is 0 Å². The lowest BCUT2D eigenvalue weighted by molar-refractivity contribution is 0.441. The molecule has 2 aromatic carbocycles. The summed E-state index contributed by atoms with van der Waals surface area (Å²) in [6.45, 7) is 4.71. The van der Waals surface area contributed by atoms with Crippen LogP contribution in [0.5, 0.6) is 5.75 Å². The Kier molecular flexibility index (Phi) is 7.36. The maximum atomic E-state index is 9.75. The number of aromatic hydroxyl groups is 1. The van der Waals surface area contributed by atoms with Crippen LogP contribution in [0.25, 0.3) is 0 Å². The van der Waals surface area contributed by atoms with Crippen molar-refractivity contribution in [3.8, 4) is 5.75 Å². The van der Waals surface area contributed by atoms with E-state index in [4.69, 9.17) is 0 Å². The van der Waals surface area contributed by atoms with E-state index < -0.39 is 0 Å². The molecule has 0 saturated heterocycles. The minimum atomic E-state index is 0.284. The van der Waals surface area contributed by atoms with E-state index in [-0.39, 0.29) is 5.41 Å². The molecule has 2 rings (SSSR count). The van der Waals surface area contributed by atoms with Gasteiger partial charge in [-0.2, -0.15) is 0 Å². The Balaban J connectivity index is 1.55. The SMILES string of the molecule is CC(C)(CCCCCCCCc1ccccc1O)c1ccccc1. The highest BCUT2D eigenvalue weighted by Crippen LogP contribution is 2.29. The highest BCUT2D eigenvalue weighted by atomic mass is 16.3. The molecule has 1 N–H and O–H groups in total. The summed E-state index contributed by atoms with van der Waals surface area (Å²) >= 11 is 0. The molecule has 0 spiro atoms. The van der Waals surface area contributed by atoms with Crippen molar-refractivity contribution < 1.29 is 5.11 Å². The predicted molar refractivity (Wildman–Crippen MR) is 104 cm³/mol. The van der Waals surface area contributed by atoms with Gasteiger partial charge in [-0.1, -0.05) is 94.5 Å². The van der Waals surface area contributed by atoms with Gasteiger partial charge in [0.2, 0.25) is 0 Å². The minimum Gasteiger partial charge on any atom is -0.508 e. The first-order valence-electron chi connectivity index (χ1n) is 9.42. The molecule has 0 bridgehead atoms. The van der Waals surface area contributed by atoms with Crippen LogP contribution in [0.1, 0.15) is 69.9 Å². The van der Waals surface area contributed by atoms with Gasteiger partial charge in [0.25, 0.3) is 0 Å². The number of benzene rings is 2. The lowest BCUT2D eigenvalue weighted by Gasteiger charge is -2.25. The van der Waals surface area contributed by atoms with Crippen LogP contribution in [0.15, 0.2) is 54.6 Å². The second kappa shape index (κ2) is 9.52. The first-order valence-corrected chi connectivity index (χ1v) is 9.42. The summed E-state index contributed by atoms with van der Waals surface area (Å²) in [7, 11) is 0. The number of aryl methyl sites for hydroxylation is 1. The third-order valence-electron chi connectivity index (χ3n) is 5.04. The van der Waals surface area contributed by atoms with Crippen LogP contribution in [0.3, 0.4) is 0 Å². The highest BCUT2D eigenvalue weighted by Gasteiger charge is 2.19. The van der Waals surface area contributed by atoms with Crippen molar-refractivity contribution in [3.05, 3.63) is 65.7 Å². The van der Waals surface area contributed by atoms with Gasteiger partial charge in [-0.05, 0) is 41.9 Å². The van der Waals surface area contributed by atoms with Crippen molar-refractivity contribution in [2.24, 2.45) is 0 Å². The molecule has 0 radical (unpaired) electrons. The lowest BCUT2D eigenvalue weighted by Crippen LogP contribution is -2.16. The molecule has 0 aliphatic rings. The van der Waals surface area contributed by atoms with Gasteiger partial charge in [0.15, 0.2) is 0 Å². The third-order valence-corrected chi connectivity index (χ3v) is 5.04. The second-order valence-corrected chi connectivity index (χ2v) is 7.50. The van der Waals surface area contributed by atoms with E-state index in [1.54, 1.807) is 6.07 Å². The van der Waals surface area contributed by atoms with E-state index in [0.717, 1.165) is 12.0 Å².